The van der Waals surface area contributed by atoms with Crippen molar-refractivity contribution in [2.45, 2.75) is 35.7 Å². The molecule has 0 spiro atoms. The van der Waals surface area contributed by atoms with Crippen molar-refractivity contribution in [3.05, 3.63) is 77.6 Å². The number of anilines is 1. The van der Waals surface area contributed by atoms with E-state index in [0.717, 1.165) is 18.2 Å². The molecule has 1 aliphatic carbocycles. The highest BCUT2D eigenvalue weighted by Gasteiger charge is 2.47. The van der Waals surface area contributed by atoms with E-state index >= 15 is 0 Å². The largest absolute Gasteiger partial charge is 0.501 e. The molecule has 1 saturated carbocycles. The van der Waals surface area contributed by atoms with E-state index in [1.807, 2.05) is 0 Å². The molecule has 0 saturated heterocycles. The molecule has 4 rings (SSSR count). The quantitative estimate of drug-likeness (QED) is 0.305. The van der Waals surface area contributed by atoms with Crippen molar-refractivity contribution >= 4 is 33.3 Å². The van der Waals surface area contributed by atoms with Crippen LogP contribution in [0.2, 0.25) is 0 Å². The number of aromatic carboxylic acids is 1. The molecule has 0 radical (unpaired) electrons. The molecule has 222 valence electrons. The monoisotopic (exact) mass is 608 g/mol. The average Bonchev–Trinajstić information content (AvgIpc) is 3.40. The van der Waals surface area contributed by atoms with E-state index in [4.69, 9.17) is 9.84 Å². The van der Waals surface area contributed by atoms with Gasteiger partial charge in [0.1, 0.15) is 11.6 Å². The Morgan fingerprint density at radius 3 is 2.31 bits per heavy atom. The van der Waals surface area contributed by atoms with Crippen LogP contribution in [0.4, 0.5) is 23.2 Å². The Labute approximate surface area is 237 Å². The highest BCUT2D eigenvalue weighted by atomic mass is 32.2. The van der Waals surface area contributed by atoms with Crippen molar-refractivity contribution in [1.82, 2.24) is 5.32 Å². The number of ether oxygens (including phenoxy) is 1. The molecule has 1 aliphatic rings. The van der Waals surface area contributed by atoms with E-state index in [1.165, 1.54) is 43.5 Å². The average molecular weight is 609 g/mol. The van der Waals surface area contributed by atoms with Crippen LogP contribution in [0.3, 0.4) is 0 Å². The van der Waals surface area contributed by atoms with Crippen LogP contribution in [0.1, 0.15) is 40.0 Å². The Hall–Kier alpha value is -4.46. The van der Waals surface area contributed by atoms with Crippen LogP contribution in [0.15, 0.2) is 65.6 Å². The van der Waals surface area contributed by atoms with Gasteiger partial charge in [-0.15, -0.1) is 0 Å². The van der Waals surface area contributed by atoms with Crippen LogP contribution in [0, 0.1) is 11.7 Å². The zero-order chi connectivity index (χ0) is 30.8. The maximum atomic E-state index is 14.9. The van der Waals surface area contributed by atoms with E-state index in [0.29, 0.717) is 30.9 Å². The van der Waals surface area contributed by atoms with Crippen molar-refractivity contribution in [2.24, 2.45) is 5.92 Å². The Kier molecular flexibility index (Phi) is 8.57. The molecule has 1 fully saturated rings. The fraction of sp³-hybridized carbons (Fsp3) is 0.250. The molecule has 0 bridgehead atoms. The van der Waals surface area contributed by atoms with Crippen LogP contribution < -0.4 is 15.4 Å². The van der Waals surface area contributed by atoms with Gasteiger partial charge in [-0.25, -0.2) is 17.6 Å². The summed E-state index contributed by atoms with van der Waals surface area (Å²) in [5.74, 6) is -4.09. The maximum Gasteiger partial charge on any atom is 0.501 e. The number of nitrogens with one attached hydrogen (secondary N) is 2. The zero-order valence-electron chi connectivity index (χ0n) is 21.9. The van der Waals surface area contributed by atoms with Gasteiger partial charge in [0.15, 0.2) is 0 Å². The lowest BCUT2D eigenvalue weighted by molar-refractivity contribution is -0.120. The number of hydrogen-bond donors (Lipinski definition) is 3. The van der Waals surface area contributed by atoms with Crippen molar-refractivity contribution < 1.29 is 50.2 Å². The normalized spacial score (nSPS) is 17.0. The third-order valence-corrected chi connectivity index (χ3v) is 8.35. The minimum absolute atomic E-state index is 0.00675. The minimum atomic E-state index is -5.62. The van der Waals surface area contributed by atoms with Gasteiger partial charge in [0.2, 0.25) is 5.91 Å². The summed E-state index contributed by atoms with van der Waals surface area (Å²) in [7, 11) is -4.38. The van der Waals surface area contributed by atoms with E-state index in [2.05, 4.69) is 10.6 Å². The van der Waals surface area contributed by atoms with Gasteiger partial charge in [-0.2, -0.15) is 13.2 Å². The van der Waals surface area contributed by atoms with E-state index in [9.17, 15) is 40.4 Å². The molecule has 3 aromatic carbocycles. The fourth-order valence-corrected chi connectivity index (χ4v) is 5.52. The number of sulfone groups is 1. The topological polar surface area (TPSA) is 139 Å². The molecule has 0 aliphatic heterocycles. The van der Waals surface area contributed by atoms with Gasteiger partial charge < -0.3 is 20.5 Å². The number of carbonyl (C=O) groups is 3. The van der Waals surface area contributed by atoms with Gasteiger partial charge >= 0.3 is 11.5 Å². The van der Waals surface area contributed by atoms with Gasteiger partial charge in [-0.1, -0.05) is 24.6 Å². The second-order valence-corrected chi connectivity index (χ2v) is 11.4. The number of rotatable bonds is 8. The Morgan fingerprint density at radius 2 is 1.69 bits per heavy atom. The number of hydrogen-bond acceptors (Lipinski definition) is 6. The van der Waals surface area contributed by atoms with Crippen molar-refractivity contribution in [2.75, 3.05) is 12.4 Å². The third-order valence-electron chi connectivity index (χ3n) is 6.86. The molecule has 3 aromatic rings. The van der Waals surface area contributed by atoms with Crippen molar-refractivity contribution in [3.8, 4) is 16.9 Å². The van der Waals surface area contributed by atoms with Crippen LogP contribution in [-0.2, 0) is 14.6 Å². The summed E-state index contributed by atoms with van der Waals surface area (Å²) in [6, 6.07) is 10.7. The first kappa shape index (κ1) is 30.5. The molecule has 2 atom stereocenters. The smallest absolute Gasteiger partial charge is 0.496 e. The second-order valence-electron chi connectivity index (χ2n) is 9.50. The molecule has 0 aromatic heterocycles. The van der Waals surface area contributed by atoms with Crippen LogP contribution >= 0.6 is 0 Å². The van der Waals surface area contributed by atoms with Gasteiger partial charge in [-0.3, -0.25) is 9.59 Å². The summed E-state index contributed by atoms with van der Waals surface area (Å²) < 4.78 is 82.4. The highest BCUT2D eigenvalue weighted by molar-refractivity contribution is 7.92. The Morgan fingerprint density at radius 1 is 1.00 bits per heavy atom. The molecule has 14 heteroatoms. The van der Waals surface area contributed by atoms with Gasteiger partial charge in [0.05, 0.1) is 29.1 Å². The Balaban J connectivity index is 1.53. The van der Waals surface area contributed by atoms with Crippen LogP contribution in [0.5, 0.6) is 5.75 Å². The lowest BCUT2D eigenvalue weighted by Crippen LogP contribution is -2.42. The summed E-state index contributed by atoms with van der Waals surface area (Å²) in [6.45, 7) is 0. The molecular weight excluding hydrogens is 584 g/mol. The van der Waals surface area contributed by atoms with Crippen LogP contribution in [-0.4, -0.2) is 50.0 Å². The van der Waals surface area contributed by atoms with E-state index in [1.54, 1.807) is 0 Å². The SMILES string of the molecule is COc1cc(F)c(-c2ccc(C(=O)O)cc2)cc1C(=O)N[C@@H]1CCC[C@@H]1C(=O)Nc1cccc(S(=O)(=O)C(F)(F)F)c1. The number of carboxylic acid groups (broad SMARTS) is 1. The number of carboxylic acids is 1. The number of methoxy groups -OCH3 is 1. The number of halogens is 4. The first-order chi connectivity index (χ1) is 19.7. The molecule has 9 nitrogen and oxygen atoms in total. The summed E-state index contributed by atoms with van der Waals surface area (Å²) in [5, 5.41) is 14.3. The van der Waals surface area contributed by atoms with Gasteiger partial charge in [0.25, 0.3) is 15.7 Å². The molecule has 42 heavy (non-hydrogen) atoms. The summed E-state index contributed by atoms with van der Waals surface area (Å²) in [5.41, 5.74) is -5.42. The molecule has 0 heterocycles. The van der Waals surface area contributed by atoms with Gasteiger partial charge in [0, 0.05) is 23.4 Å². The van der Waals surface area contributed by atoms with Crippen LogP contribution in [0.25, 0.3) is 11.1 Å². The number of benzene rings is 3. The zero-order valence-corrected chi connectivity index (χ0v) is 22.7. The Bertz CT molecular complexity index is 1640. The number of carbonyl (C=O) groups excluding carboxylic acids is 2. The second kappa shape index (κ2) is 11.8. The summed E-state index contributed by atoms with van der Waals surface area (Å²) >= 11 is 0. The number of alkyl halides is 3. The standard InChI is InChI=1S/C28H24F4N2O7S/c1-41-24-14-22(29)20(15-8-10-16(11-9-15)27(37)38)13-21(24)26(36)34-23-7-3-6-19(23)25(35)33-17-4-2-5-18(12-17)42(39,40)28(30,31)32/h2,4-5,8-14,19,23H,3,6-7H2,1H3,(H,33,35)(H,34,36)(H,37,38)/t19-,23+/m0/s1. The van der Waals surface area contributed by atoms with Gasteiger partial charge in [-0.05, 0) is 54.8 Å². The fourth-order valence-electron chi connectivity index (χ4n) is 4.72. The number of amides is 2. The van der Waals surface area contributed by atoms with Crippen molar-refractivity contribution in [1.29, 1.82) is 0 Å². The third kappa shape index (κ3) is 6.22. The predicted octanol–water partition coefficient (Wildman–Crippen LogP) is 5.03. The highest BCUT2D eigenvalue weighted by Crippen LogP contribution is 2.34. The summed E-state index contributed by atoms with van der Waals surface area (Å²) in [6.07, 6.45) is 1.26. The minimum Gasteiger partial charge on any atom is -0.496 e. The predicted molar refractivity (Wildman–Crippen MR) is 142 cm³/mol. The van der Waals surface area contributed by atoms with Crippen molar-refractivity contribution in [3.63, 3.8) is 0 Å². The first-order valence-electron chi connectivity index (χ1n) is 12.5. The van der Waals surface area contributed by atoms with E-state index in [-0.39, 0.29) is 28.1 Å². The molecule has 0 unspecified atom stereocenters. The molecular formula is C28H24F4N2O7S. The molecule has 2 amide bonds. The van der Waals surface area contributed by atoms with E-state index < -0.39 is 55.8 Å². The lowest BCUT2D eigenvalue weighted by atomic mass is 9.98. The lowest BCUT2D eigenvalue weighted by Gasteiger charge is -2.22. The molecule has 3 N–H and O–H groups in total. The summed E-state index contributed by atoms with van der Waals surface area (Å²) in [4.78, 5) is 36.4. The first-order valence-corrected chi connectivity index (χ1v) is 14.0. The maximum absolute atomic E-state index is 14.9.